The number of halogens is 1. The van der Waals surface area contributed by atoms with Crippen LogP contribution in [0.3, 0.4) is 0 Å². The van der Waals surface area contributed by atoms with Gasteiger partial charge in [-0.3, -0.25) is 0 Å². The summed E-state index contributed by atoms with van der Waals surface area (Å²) < 4.78 is 10.7. The first kappa shape index (κ1) is 16.8. The van der Waals surface area contributed by atoms with E-state index in [1.807, 2.05) is 6.07 Å². The van der Waals surface area contributed by atoms with Crippen molar-refractivity contribution in [1.82, 2.24) is 0 Å². The third-order valence-corrected chi connectivity index (χ3v) is 4.31. The van der Waals surface area contributed by atoms with Crippen LogP contribution in [0.1, 0.15) is 30.1 Å². The van der Waals surface area contributed by atoms with Crippen LogP contribution >= 0.6 is 11.6 Å². The van der Waals surface area contributed by atoms with Gasteiger partial charge in [-0.15, -0.1) is 6.58 Å². The molecule has 0 atom stereocenters. The molecule has 1 fully saturated rings. The monoisotopic (exact) mass is 323 g/mol. The number of nitrogens with zero attached hydrogens (tertiary/aromatic N) is 1. The number of carbonyl (C=O) groups excluding carboxylic acids is 1. The molecule has 120 valence electrons. The van der Waals surface area contributed by atoms with E-state index in [9.17, 15) is 4.79 Å². The first-order valence-electron chi connectivity index (χ1n) is 7.37. The van der Waals surface area contributed by atoms with E-state index in [0.29, 0.717) is 17.2 Å². The van der Waals surface area contributed by atoms with Gasteiger partial charge < -0.3 is 14.4 Å². The number of ether oxygens (including phenoxy) is 2. The van der Waals surface area contributed by atoms with Crippen LogP contribution < -0.4 is 4.90 Å². The van der Waals surface area contributed by atoms with Crippen molar-refractivity contribution in [3.05, 3.63) is 41.4 Å². The summed E-state index contributed by atoms with van der Waals surface area (Å²) in [6.45, 7) is 7.97. The summed E-state index contributed by atoms with van der Waals surface area (Å²) in [4.78, 5) is 14.1. The molecular weight excluding hydrogens is 302 g/mol. The second kappa shape index (κ2) is 7.16. The number of rotatable bonds is 5. The lowest BCUT2D eigenvalue weighted by molar-refractivity contribution is -0.0334. The maximum atomic E-state index is 11.9. The van der Waals surface area contributed by atoms with Crippen molar-refractivity contribution in [3.63, 3.8) is 0 Å². The summed E-state index contributed by atoms with van der Waals surface area (Å²) in [5.74, 6) is -0.345. The first-order valence-corrected chi connectivity index (χ1v) is 7.74. The van der Waals surface area contributed by atoms with Gasteiger partial charge in [0, 0.05) is 18.1 Å². The van der Waals surface area contributed by atoms with E-state index < -0.39 is 0 Å². The molecule has 1 aromatic carbocycles. The van der Waals surface area contributed by atoms with Crippen LogP contribution in [0.25, 0.3) is 0 Å². The van der Waals surface area contributed by atoms with E-state index in [1.165, 1.54) is 7.11 Å². The van der Waals surface area contributed by atoms with E-state index in [-0.39, 0.29) is 11.6 Å². The fourth-order valence-corrected chi connectivity index (χ4v) is 2.84. The topological polar surface area (TPSA) is 38.8 Å². The van der Waals surface area contributed by atoms with Gasteiger partial charge in [0.05, 0.1) is 30.6 Å². The van der Waals surface area contributed by atoms with Crippen molar-refractivity contribution in [3.8, 4) is 0 Å². The van der Waals surface area contributed by atoms with Gasteiger partial charge in [0.1, 0.15) is 0 Å². The van der Waals surface area contributed by atoms with E-state index in [0.717, 1.165) is 31.6 Å². The van der Waals surface area contributed by atoms with E-state index in [1.54, 1.807) is 18.2 Å². The Balaban J connectivity index is 2.15. The van der Waals surface area contributed by atoms with Gasteiger partial charge in [-0.2, -0.15) is 0 Å². The summed E-state index contributed by atoms with van der Waals surface area (Å²) in [7, 11) is 1.39. The van der Waals surface area contributed by atoms with Crippen LogP contribution in [0, 0.1) is 0 Å². The van der Waals surface area contributed by atoms with Gasteiger partial charge in [-0.1, -0.05) is 17.7 Å². The van der Waals surface area contributed by atoms with Crippen LogP contribution in [0.5, 0.6) is 0 Å². The lowest BCUT2D eigenvalue weighted by Crippen LogP contribution is -2.44. The maximum Gasteiger partial charge on any atom is 0.339 e. The number of benzene rings is 1. The molecule has 2 rings (SSSR count). The van der Waals surface area contributed by atoms with E-state index in [4.69, 9.17) is 21.1 Å². The second-order valence-corrected chi connectivity index (χ2v) is 6.13. The third kappa shape index (κ3) is 3.81. The molecule has 0 radical (unpaired) electrons. The Morgan fingerprint density at radius 3 is 2.73 bits per heavy atom. The number of esters is 1. The Morgan fingerprint density at radius 2 is 2.14 bits per heavy atom. The van der Waals surface area contributed by atoms with Crippen LogP contribution in [-0.4, -0.2) is 38.4 Å². The smallest absolute Gasteiger partial charge is 0.339 e. The number of piperidine rings is 1. The molecule has 0 aliphatic carbocycles. The molecule has 22 heavy (non-hydrogen) atoms. The number of hydrogen-bond donors (Lipinski definition) is 0. The number of anilines is 1. The zero-order valence-electron chi connectivity index (χ0n) is 13.1. The predicted octanol–water partition coefficient (Wildman–Crippen LogP) is 3.69. The second-order valence-electron chi connectivity index (χ2n) is 5.69. The first-order chi connectivity index (χ1) is 10.5. The van der Waals surface area contributed by atoms with Crippen molar-refractivity contribution in [2.24, 2.45) is 0 Å². The lowest BCUT2D eigenvalue weighted by atomic mass is 9.92. The van der Waals surface area contributed by atoms with Crippen molar-refractivity contribution in [2.45, 2.75) is 25.4 Å². The highest BCUT2D eigenvalue weighted by molar-refractivity contribution is 6.31. The highest BCUT2D eigenvalue weighted by Gasteiger charge is 2.32. The average molecular weight is 324 g/mol. The Bertz CT molecular complexity index is 551. The highest BCUT2D eigenvalue weighted by Crippen LogP contribution is 2.32. The van der Waals surface area contributed by atoms with Gasteiger partial charge >= 0.3 is 5.97 Å². The normalized spacial score (nSPS) is 17.1. The Hall–Kier alpha value is -1.52. The van der Waals surface area contributed by atoms with E-state index >= 15 is 0 Å². The van der Waals surface area contributed by atoms with Gasteiger partial charge in [0.2, 0.25) is 0 Å². The summed E-state index contributed by atoms with van der Waals surface area (Å²) in [6, 6.07) is 5.24. The minimum Gasteiger partial charge on any atom is -0.465 e. The Morgan fingerprint density at radius 1 is 1.45 bits per heavy atom. The van der Waals surface area contributed by atoms with Crippen LogP contribution in [0.2, 0.25) is 5.02 Å². The molecule has 1 saturated heterocycles. The molecule has 0 aromatic heterocycles. The third-order valence-electron chi connectivity index (χ3n) is 4.08. The summed E-state index contributed by atoms with van der Waals surface area (Å²) in [6.07, 6.45) is 3.53. The largest absolute Gasteiger partial charge is 0.465 e. The number of hydrogen-bond acceptors (Lipinski definition) is 4. The minimum absolute atomic E-state index is 0.144. The molecule has 1 heterocycles. The fourth-order valence-electron chi connectivity index (χ4n) is 2.67. The van der Waals surface area contributed by atoms with Crippen LogP contribution in [0.4, 0.5) is 5.69 Å². The molecule has 0 N–H and O–H groups in total. The molecular formula is C17H22ClNO3. The van der Waals surface area contributed by atoms with Crippen LogP contribution in [0.15, 0.2) is 30.9 Å². The molecule has 1 aromatic rings. The summed E-state index contributed by atoms with van der Waals surface area (Å²) in [5, 5.41) is 0.610. The molecule has 0 amide bonds. The van der Waals surface area contributed by atoms with Crippen molar-refractivity contribution in [2.75, 3.05) is 31.7 Å². The van der Waals surface area contributed by atoms with Gasteiger partial charge in [-0.05, 0) is 38.0 Å². The molecule has 5 heteroatoms. The summed E-state index contributed by atoms with van der Waals surface area (Å²) >= 11 is 6.09. The predicted molar refractivity (Wildman–Crippen MR) is 88.8 cm³/mol. The summed E-state index contributed by atoms with van der Waals surface area (Å²) in [5.41, 5.74) is 1.22. The maximum absolute atomic E-state index is 11.9. The quantitative estimate of drug-likeness (QED) is 0.612. The lowest BCUT2D eigenvalue weighted by Gasteiger charge is -2.40. The van der Waals surface area contributed by atoms with Gasteiger partial charge in [0.25, 0.3) is 0 Å². The molecule has 1 aliphatic rings. The number of carbonyl (C=O) groups is 1. The zero-order valence-corrected chi connectivity index (χ0v) is 13.9. The minimum atomic E-state index is -0.345. The Labute approximate surface area is 136 Å². The number of methoxy groups -OCH3 is 1. The van der Waals surface area contributed by atoms with Crippen molar-refractivity contribution in [1.29, 1.82) is 0 Å². The average Bonchev–Trinajstić information content (AvgIpc) is 2.53. The highest BCUT2D eigenvalue weighted by atomic mass is 35.5. The fraction of sp³-hybridized carbons (Fsp3) is 0.471. The standard InChI is InChI=1S/C17H22ClNO3/c1-4-11-22-17(2)7-9-19(10-8-17)15-12-13(18)5-6-14(15)16(20)21-3/h4-6,12H,1,7-11H2,2-3H3. The van der Waals surface area contributed by atoms with Gasteiger partial charge in [0.15, 0.2) is 0 Å². The van der Waals surface area contributed by atoms with Crippen molar-refractivity contribution < 1.29 is 14.3 Å². The van der Waals surface area contributed by atoms with Crippen LogP contribution in [-0.2, 0) is 9.47 Å². The Kier molecular flexibility index (Phi) is 5.48. The molecule has 0 saturated carbocycles. The molecule has 0 bridgehead atoms. The SMILES string of the molecule is C=CCOC1(C)CCN(c2cc(Cl)ccc2C(=O)OC)CC1. The van der Waals surface area contributed by atoms with Gasteiger partial charge in [-0.25, -0.2) is 4.79 Å². The van der Waals surface area contributed by atoms with Crippen molar-refractivity contribution >= 4 is 23.3 Å². The zero-order chi connectivity index (χ0) is 16.2. The molecule has 0 spiro atoms. The molecule has 4 nitrogen and oxygen atoms in total. The molecule has 0 unspecified atom stereocenters. The van der Waals surface area contributed by atoms with E-state index in [2.05, 4.69) is 18.4 Å². The molecule has 1 aliphatic heterocycles.